The Hall–Kier alpha value is 0.310. The van der Waals surface area contributed by atoms with Gasteiger partial charge < -0.3 is 5.32 Å². The van der Waals surface area contributed by atoms with Gasteiger partial charge in [-0.25, -0.2) is 0 Å². The molecule has 1 saturated heterocycles. The highest BCUT2D eigenvalue weighted by Gasteiger charge is 2.20. The Morgan fingerprint density at radius 2 is 2.45 bits per heavy atom. The van der Waals surface area contributed by atoms with Crippen LogP contribution in [0.4, 0.5) is 0 Å². The smallest absolute Gasteiger partial charge is 0.00751 e. The second-order valence-electron chi connectivity index (χ2n) is 3.37. The van der Waals surface area contributed by atoms with Crippen molar-refractivity contribution >= 4 is 11.8 Å². The highest BCUT2D eigenvalue weighted by molar-refractivity contribution is 7.99. The third-order valence-electron chi connectivity index (χ3n) is 2.39. The van der Waals surface area contributed by atoms with E-state index in [-0.39, 0.29) is 0 Å². The van der Waals surface area contributed by atoms with E-state index in [9.17, 15) is 0 Å². The van der Waals surface area contributed by atoms with Crippen LogP contribution in [0.3, 0.4) is 0 Å². The Kier molecular flexibility index (Phi) is 4.31. The predicted molar refractivity (Wildman–Crippen MR) is 53.2 cm³/mol. The van der Waals surface area contributed by atoms with E-state index < -0.39 is 0 Å². The molecular weight excluding hydrogens is 154 g/mol. The summed E-state index contributed by atoms with van der Waals surface area (Å²) in [6.45, 7) is 5.73. The minimum absolute atomic E-state index is 0.741. The minimum atomic E-state index is 0.741. The summed E-state index contributed by atoms with van der Waals surface area (Å²) in [6, 6.07) is 0.741. The van der Waals surface area contributed by atoms with E-state index in [0.29, 0.717) is 0 Å². The van der Waals surface area contributed by atoms with Gasteiger partial charge in [0.15, 0.2) is 0 Å². The lowest BCUT2D eigenvalue weighted by molar-refractivity contribution is 0.408. The van der Waals surface area contributed by atoms with Gasteiger partial charge in [0.05, 0.1) is 0 Å². The highest BCUT2D eigenvalue weighted by Crippen LogP contribution is 2.25. The van der Waals surface area contributed by atoms with Crippen molar-refractivity contribution in [1.82, 2.24) is 5.32 Å². The molecule has 0 radical (unpaired) electrons. The number of rotatable bonds is 4. The van der Waals surface area contributed by atoms with E-state index in [2.05, 4.69) is 30.9 Å². The Morgan fingerprint density at radius 3 is 3.00 bits per heavy atom. The van der Waals surface area contributed by atoms with Crippen LogP contribution in [0.25, 0.3) is 0 Å². The van der Waals surface area contributed by atoms with Crippen LogP contribution in [0.1, 0.15) is 26.7 Å². The van der Waals surface area contributed by atoms with Gasteiger partial charge in [0.25, 0.3) is 0 Å². The van der Waals surface area contributed by atoms with Gasteiger partial charge in [0, 0.05) is 6.04 Å². The zero-order chi connectivity index (χ0) is 8.10. The van der Waals surface area contributed by atoms with Crippen molar-refractivity contribution in [2.45, 2.75) is 32.7 Å². The molecule has 0 saturated carbocycles. The SMILES string of the molecule is CCCNC(C)C1CCSC1. The molecule has 1 aliphatic rings. The van der Waals surface area contributed by atoms with Crippen molar-refractivity contribution in [2.24, 2.45) is 5.92 Å². The number of nitrogens with one attached hydrogen (secondary N) is 1. The van der Waals surface area contributed by atoms with Gasteiger partial charge in [0.1, 0.15) is 0 Å². The van der Waals surface area contributed by atoms with Gasteiger partial charge in [-0.15, -0.1) is 0 Å². The van der Waals surface area contributed by atoms with Crippen molar-refractivity contribution < 1.29 is 0 Å². The van der Waals surface area contributed by atoms with Gasteiger partial charge in [0.2, 0.25) is 0 Å². The molecule has 2 heteroatoms. The fourth-order valence-electron chi connectivity index (χ4n) is 1.49. The summed E-state index contributed by atoms with van der Waals surface area (Å²) in [5.41, 5.74) is 0. The van der Waals surface area contributed by atoms with E-state index in [0.717, 1.165) is 12.0 Å². The molecular formula is C9H19NS. The second kappa shape index (κ2) is 5.04. The molecule has 66 valence electrons. The molecule has 0 aromatic rings. The second-order valence-corrected chi connectivity index (χ2v) is 4.52. The Morgan fingerprint density at radius 1 is 1.64 bits per heavy atom. The average Bonchev–Trinajstić information content (AvgIpc) is 2.52. The molecule has 1 heterocycles. The number of hydrogen-bond acceptors (Lipinski definition) is 2. The Bertz CT molecular complexity index is 99.7. The van der Waals surface area contributed by atoms with Crippen LogP contribution in [-0.2, 0) is 0 Å². The summed E-state index contributed by atoms with van der Waals surface area (Å²) < 4.78 is 0. The van der Waals surface area contributed by atoms with Crippen LogP contribution in [0.2, 0.25) is 0 Å². The normalized spacial score (nSPS) is 27.3. The summed E-state index contributed by atoms with van der Waals surface area (Å²) >= 11 is 2.10. The molecule has 1 aliphatic heterocycles. The molecule has 0 aromatic carbocycles. The molecule has 1 fully saturated rings. The molecule has 0 aliphatic carbocycles. The molecule has 0 bridgehead atoms. The van der Waals surface area contributed by atoms with Crippen LogP contribution in [-0.4, -0.2) is 24.1 Å². The maximum absolute atomic E-state index is 3.56. The topological polar surface area (TPSA) is 12.0 Å². The van der Waals surface area contributed by atoms with Crippen LogP contribution >= 0.6 is 11.8 Å². The van der Waals surface area contributed by atoms with Crippen LogP contribution in [0.5, 0.6) is 0 Å². The van der Waals surface area contributed by atoms with E-state index in [4.69, 9.17) is 0 Å². The van der Waals surface area contributed by atoms with Crippen molar-refractivity contribution in [3.05, 3.63) is 0 Å². The molecule has 1 nitrogen and oxygen atoms in total. The van der Waals surface area contributed by atoms with Gasteiger partial charge >= 0.3 is 0 Å². The zero-order valence-electron chi connectivity index (χ0n) is 7.60. The monoisotopic (exact) mass is 173 g/mol. The number of hydrogen-bond donors (Lipinski definition) is 1. The van der Waals surface area contributed by atoms with E-state index in [1.807, 2.05) is 0 Å². The zero-order valence-corrected chi connectivity index (χ0v) is 8.41. The first-order valence-corrected chi connectivity index (χ1v) is 5.81. The molecule has 2 unspecified atom stereocenters. The summed E-state index contributed by atoms with van der Waals surface area (Å²) in [5, 5.41) is 3.56. The first kappa shape index (κ1) is 9.40. The quantitative estimate of drug-likeness (QED) is 0.699. The van der Waals surface area contributed by atoms with Crippen LogP contribution in [0.15, 0.2) is 0 Å². The first-order chi connectivity index (χ1) is 5.34. The summed E-state index contributed by atoms with van der Waals surface area (Å²) in [7, 11) is 0. The summed E-state index contributed by atoms with van der Waals surface area (Å²) in [4.78, 5) is 0. The predicted octanol–water partition coefficient (Wildman–Crippen LogP) is 2.13. The summed E-state index contributed by atoms with van der Waals surface area (Å²) in [6.07, 6.45) is 2.67. The van der Waals surface area contributed by atoms with Crippen molar-refractivity contribution in [1.29, 1.82) is 0 Å². The van der Waals surface area contributed by atoms with Crippen LogP contribution in [0, 0.1) is 5.92 Å². The summed E-state index contributed by atoms with van der Waals surface area (Å²) in [5.74, 6) is 3.69. The largest absolute Gasteiger partial charge is 0.314 e. The molecule has 1 N–H and O–H groups in total. The third kappa shape index (κ3) is 3.04. The molecule has 0 spiro atoms. The van der Waals surface area contributed by atoms with Gasteiger partial charge in [-0.1, -0.05) is 6.92 Å². The maximum Gasteiger partial charge on any atom is 0.00751 e. The Balaban J connectivity index is 2.12. The first-order valence-electron chi connectivity index (χ1n) is 4.65. The van der Waals surface area contributed by atoms with E-state index in [1.54, 1.807) is 0 Å². The molecule has 2 atom stereocenters. The molecule has 11 heavy (non-hydrogen) atoms. The van der Waals surface area contributed by atoms with E-state index in [1.165, 1.54) is 30.9 Å². The highest BCUT2D eigenvalue weighted by atomic mass is 32.2. The molecule has 0 aromatic heterocycles. The lowest BCUT2D eigenvalue weighted by Crippen LogP contribution is -2.33. The van der Waals surface area contributed by atoms with Crippen molar-refractivity contribution in [2.75, 3.05) is 18.1 Å². The minimum Gasteiger partial charge on any atom is -0.314 e. The average molecular weight is 173 g/mol. The van der Waals surface area contributed by atoms with Gasteiger partial charge in [-0.2, -0.15) is 11.8 Å². The van der Waals surface area contributed by atoms with Crippen molar-refractivity contribution in [3.63, 3.8) is 0 Å². The van der Waals surface area contributed by atoms with Crippen molar-refractivity contribution in [3.8, 4) is 0 Å². The third-order valence-corrected chi connectivity index (χ3v) is 3.58. The lowest BCUT2D eigenvalue weighted by Gasteiger charge is -2.19. The fraction of sp³-hybridized carbons (Fsp3) is 1.00. The standard InChI is InChI=1S/C9H19NS/c1-3-5-10-8(2)9-4-6-11-7-9/h8-10H,3-7H2,1-2H3. The number of thioether (sulfide) groups is 1. The van der Waals surface area contributed by atoms with Gasteiger partial charge in [-0.3, -0.25) is 0 Å². The maximum atomic E-state index is 3.56. The molecule has 1 rings (SSSR count). The van der Waals surface area contributed by atoms with E-state index >= 15 is 0 Å². The van der Waals surface area contributed by atoms with Gasteiger partial charge in [-0.05, 0) is 43.7 Å². The fourth-order valence-corrected chi connectivity index (χ4v) is 2.88. The van der Waals surface area contributed by atoms with Crippen LogP contribution < -0.4 is 5.32 Å². The Labute approximate surface area is 74.3 Å². The molecule has 0 amide bonds. The lowest BCUT2D eigenvalue weighted by atomic mass is 10.0.